The van der Waals surface area contributed by atoms with Crippen molar-refractivity contribution in [3.63, 3.8) is 0 Å². The standard InChI is InChI=1S/C18H23N5O3/c24-16(7-9-23-14-4-2-1-3-13(14)21-18(23)26)22-10-8-19-11-15(22)17(25)20-12-5-6-12/h1-4,12,15,19H,5-11H2,(H,20,25)(H,21,26). The van der Waals surface area contributed by atoms with E-state index in [4.69, 9.17) is 0 Å². The summed E-state index contributed by atoms with van der Waals surface area (Å²) in [4.78, 5) is 41.7. The molecule has 8 heteroatoms. The van der Waals surface area contributed by atoms with E-state index in [0.717, 1.165) is 23.9 Å². The van der Waals surface area contributed by atoms with Crippen molar-refractivity contribution in [3.8, 4) is 0 Å². The topological polar surface area (TPSA) is 99.2 Å². The number of nitrogens with zero attached hydrogens (tertiary/aromatic N) is 2. The number of carbonyl (C=O) groups excluding carboxylic acids is 2. The number of H-pyrrole nitrogens is 1. The number of carbonyl (C=O) groups is 2. The van der Waals surface area contributed by atoms with Crippen molar-refractivity contribution >= 4 is 22.8 Å². The summed E-state index contributed by atoms with van der Waals surface area (Å²) in [6, 6.07) is 7.21. The van der Waals surface area contributed by atoms with Crippen molar-refractivity contribution < 1.29 is 9.59 Å². The Kier molecular flexibility index (Phi) is 4.50. The number of hydrogen-bond acceptors (Lipinski definition) is 4. The van der Waals surface area contributed by atoms with Gasteiger partial charge in [-0.25, -0.2) is 4.79 Å². The first-order chi connectivity index (χ1) is 12.6. The number of aromatic nitrogens is 2. The van der Waals surface area contributed by atoms with Crippen LogP contribution in [0.3, 0.4) is 0 Å². The molecule has 1 aromatic carbocycles. The zero-order valence-corrected chi connectivity index (χ0v) is 14.5. The van der Waals surface area contributed by atoms with Crippen LogP contribution in [-0.4, -0.2) is 58.0 Å². The average Bonchev–Trinajstić information content (AvgIpc) is 3.40. The lowest BCUT2D eigenvalue weighted by Gasteiger charge is -2.35. The van der Waals surface area contributed by atoms with Gasteiger partial charge in [0.1, 0.15) is 6.04 Å². The van der Waals surface area contributed by atoms with Crippen LogP contribution in [0, 0.1) is 0 Å². The fourth-order valence-electron chi connectivity index (χ4n) is 3.44. The number of fused-ring (bicyclic) bond motifs is 1. The van der Waals surface area contributed by atoms with Crippen molar-refractivity contribution in [1.82, 2.24) is 25.1 Å². The van der Waals surface area contributed by atoms with Crippen LogP contribution < -0.4 is 16.3 Å². The Balaban J connectivity index is 1.44. The molecule has 8 nitrogen and oxygen atoms in total. The Morgan fingerprint density at radius 3 is 2.85 bits per heavy atom. The molecule has 1 aromatic heterocycles. The number of piperazine rings is 1. The van der Waals surface area contributed by atoms with Gasteiger partial charge < -0.3 is 20.5 Å². The number of aryl methyl sites for hydroxylation is 1. The molecule has 1 aliphatic carbocycles. The van der Waals surface area contributed by atoms with Gasteiger partial charge in [0.05, 0.1) is 11.0 Å². The molecule has 0 spiro atoms. The molecular formula is C18H23N5O3. The molecule has 1 unspecified atom stereocenters. The predicted octanol–water partition coefficient (Wildman–Crippen LogP) is -0.201. The quantitative estimate of drug-likeness (QED) is 0.690. The summed E-state index contributed by atoms with van der Waals surface area (Å²) >= 11 is 0. The van der Waals surface area contributed by atoms with Crippen molar-refractivity contribution in [2.24, 2.45) is 0 Å². The molecule has 2 aromatic rings. The summed E-state index contributed by atoms with van der Waals surface area (Å²) in [6.45, 7) is 1.94. The van der Waals surface area contributed by atoms with E-state index in [9.17, 15) is 14.4 Å². The summed E-state index contributed by atoms with van der Waals surface area (Å²) in [5.41, 5.74) is 1.32. The first kappa shape index (κ1) is 16.8. The Hall–Kier alpha value is -2.61. The largest absolute Gasteiger partial charge is 0.352 e. The van der Waals surface area contributed by atoms with Crippen LogP contribution >= 0.6 is 0 Å². The minimum Gasteiger partial charge on any atom is -0.352 e. The van der Waals surface area contributed by atoms with Crippen molar-refractivity contribution in [3.05, 3.63) is 34.7 Å². The lowest BCUT2D eigenvalue weighted by Crippen LogP contribution is -2.59. The average molecular weight is 357 g/mol. The number of imidazole rings is 1. The van der Waals surface area contributed by atoms with Crippen LogP contribution in [0.2, 0.25) is 0 Å². The van der Waals surface area contributed by atoms with Crippen LogP contribution in [0.15, 0.2) is 29.1 Å². The van der Waals surface area contributed by atoms with Crippen LogP contribution in [0.25, 0.3) is 11.0 Å². The molecule has 0 bridgehead atoms. The van der Waals surface area contributed by atoms with Crippen molar-refractivity contribution in [2.45, 2.75) is 37.9 Å². The second-order valence-corrected chi connectivity index (χ2v) is 6.94. The first-order valence-electron chi connectivity index (χ1n) is 9.11. The fourth-order valence-corrected chi connectivity index (χ4v) is 3.44. The van der Waals surface area contributed by atoms with E-state index in [2.05, 4.69) is 15.6 Å². The molecule has 1 aliphatic heterocycles. The van der Waals surface area contributed by atoms with Crippen LogP contribution in [-0.2, 0) is 16.1 Å². The lowest BCUT2D eigenvalue weighted by molar-refractivity contribution is -0.141. The smallest absolute Gasteiger partial charge is 0.326 e. The molecule has 1 saturated carbocycles. The van der Waals surface area contributed by atoms with Crippen LogP contribution in [0.5, 0.6) is 0 Å². The highest BCUT2D eigenvalue weighted by atomic mass is 16.2. The number of para-hydroxylation sites is 2. The van der Waals surface area contributed by atoms with E-state index in [1.807, 2.05) is 24.3 Å². The van der Waals surface area contributed by atoms with E-state index in [-0.39, 0.29) is 30.0 Å². The van der Waals surface area contributed by atoms with Crippen LogP contribution in [0.1, 0.15) is 19.3 Å². The molecule has 4 rings (SSSR count). The molecule has 2 fully saturated rings. The Morgan fingerprint density at radius 1 is 1.23 bits per heavy atom. The van der Waals surface area contributed by atoms with E-state index in [1.54, 1.807) is 9.47 Å². The number of benzene rings is 1. The normalized spacial score (nSPS) is 20.3. The Bertz CT molecular complexity index is 882. The molecule has 0 radical (unpaired) electrons. The third-order valence-corrected chi connectivity index (χ3v) is 5.02. The fraction of sp³-hybridized carbons (Fsp3) is 0.500. The molecule has 138 valence electrons. The van der Waals surface area contributed by atoms with Gasteiger partial charge in [-0.05, 0) is 25.0 Å². The number of hydrogen-bond donors (Lipinski definition) is 3. The number of amides is 2. The van der Waals surface area contributed by atoms with E-state index in [1.165, 1.54) is 0 Å². The molecule has 1 saturated heterocycles. The summed E-state index contributed by atoms with van der Waals surface area (Å²) in [7, 11) is 0. The molecule has 2 heterocycles. The maximum atomic E-state index is 12.7. The van der Waals surface area contributed by atoms with E-state index in [0.29, 0.717) is 26.2 Å². The highest BCUT2D eigenvalue weighted by Crippen LogP contribution is 2.19. The number of aromatic amines is 1. The van der Waals surface area contributed by atoms with Gasteiger partial charge in [0.15, 0.2) is 0 Å². The highest BCUT2D eigenvalue weighted by molar-refractivity contribution is 5.88. The van der Waals surface area contributed by atoms with Crippen LogP contribution in [0.4, 0.5) is 0 Å². The van der Waals surface area contributed by atoms with E-state index >= 15 is 0 Å². The van der Waals surface area contributed by atoms with E-state index < -0.39 is 6.04 Å². The van der Waals surface area contributed by atoms with Gasteiger partial charge in [-0.2, -0.15) is 0 Å². The number of rotatable bonds is 5. The molecule has 1 atom stereocenters. The molecule has 26 heavy (non-hydrogen) atoms. The summed E-state index contributed by atoms with van der Waals surface area (Å²) in [5.74, 6) is -0.183. The zero-order valence-electron chi connectivity index (χ0n) is 14.5. The minimum absolute atomic E-state index is 0.0858. The molecular weight excluding hydrogens is 334 g/mol. The zero-order chi connectivity index (χ0) is 18.1. The van der Waals surface area contributed by atoms with Crippen molar-refractivity contribution in [2.75, 3.05) is 19.6 Å². The van der Waals surface area contributed by atoms with Gasteiger partial charge >= 0.3 is 5.69 Å². The molecule has 3 N–H and O–H groups in total. The predicted molar refractivity (Wildman–Crippen MR) is 96.7 cm³/mol. The SMILES string of the molecule is O=C(NC1CC1)C1CNCCN1C(=O)CCn1c(=O)[nH]c2ccccc21. The monoisotopic (exact) mass is 357 g/mol. The summed E-state index contributed by atoms with van der Waals surface area (Å²) in [5, 5.41) is 6.16. The maximum absolute atomic E-state index is 12.7. The second-order valence-electron chi connectivity index (χ2n) is 6.94. The number of nitrogens with one attached hydrogen (secondary N) is 3. The third kappa shape index (κ3) is 3.37. The highest BCUT2D eigenvalue weighted by Gasteiger charge is 2.34. The summed E-state index contributed by atoms with van der Waals surface area (Å²) in [6.07, 6.45) is 2.22. The Morgan fingerprint density at radius 2 is 2.04 bits per heavy atom. The van der Waals surface area contributed by atoms with Gasteiger partial charge in [-0.1, -0.05) is 12.1 Å². The maximum Gasteiger partial charge on any atom is 0.326 e. The summed E-state index contributed by atoms with van der Waals surface area (Å²) < 4.78 is 1.58. The molecule has 2 aliphatic rings. The third-order valence-electron chi connectivity index (χ3n) is 5.02. The Labute approximate surface area is 150 Å². The lowest BCUT2D eigenvalue weighted by atomic mass is 10.1. The minimum atomic E-state index is -0.475. The van der Waals surface area contributed by atoms with Gasteiger partial charge in [-0.3, -0.25) is 14.2 Å². The second kappa shape index (κ2) is 6.95. The van der Waals surface area contributed by atoms with Gasteiger partial charge in [0, 0.05) is 38.6 Å². The van der Waals surface area contributed by atoms with Gasteiger partial charge in [0.25, 0.3) is 0 Å². The first-order valence-corrected chi connectivity index (χ1v) is 9.11. The van der Waals surface area contributed by atoms with Gasteiger partial charge in [0.2, 0.25) is 11.8 Å². The van der Waals surface area contributed by atoms with Crippen molar-refractivity contribution in [1.29, 1.82) is 0 Å². The molecule has 2 amide bonds. The van der Waals surface area contributed by atoms with Gasteiger partial charge in [-0.15, -0.1) is 0 Å².